The Bertz CT molecular complexity index is 877. The second-order valence-electron chi connectivity index (χ2n) is 5.47. The van der Waals surface area contributed by atoms with Crippen LogP contribution in [-0.4, -0.2) is 45.0 Å². The number of amides is 1. The van der Waals surface area contributed by atoms with E-state index in [1.807, 2.05) is 0 Å². The van der Waals surface area contributed by atoms with Crippen molar-refractivity contribution in [2.75, 3.05) is 14.2 Å². The lowest BCUT2D eigenvalue weighted by Crippen LogP contribution is -2.35. The predicted molar refractivity (Wildman–Crippen MR) is 93.8 cm³/mol. The summed E-state index contributed by atoms with van der Waals surface area (Å²) in [5.41, 5.74) is 0.111. The first-order valence-electron chi connectivity index (χ1n) is 7.90. The molecule has 0 spiro atoms. The van der Waals surface area contributed by atoms with Crippen LogP contribution in [0.1, 0.15) is 23.0 Å². The quantitative estimate of drug-likeness (QED) is 0.528. The van der Waals surface area contributed by atoms with E-state index in [0.717, 1.165) is 0 Å². The summed E-state index contributed by atoms with van der Waals surface area (Å²) in [5.74, 6) is -0.667. The molecule has 10 heteroatoms. The molecule has 0 unspecified atom stereocenters. The van der Waals surface area contributed by atoms with Crippen molar-refractivity contribution in [2.45, 2.75) is 24.5 Å². The zero-order valence-corrected chi connectivity index (χ0v) is 15.9. The second-order valence-corrected chi connectivity index (χ2v) is 7.40. The van der Waals surface area contributed by atoms with Crippen molar-refractivity contribution in [1.82, 2.24) is 9.79 Å². The van der Waals surface area contributed by atoms with Crippen LogP contribution in [0.4, 0.5) is 0 Å². The Morgan fingerprint density at radius 3 is 2.44 bits per heavy atom. The zero-order valence-electron chi connectivity index (χ0n) is 15.0. The predicted octanol–water partition coefficient (Wildman–Crippen LogP) is 1.32. The summed E-state index contributed by atoms with van der Waals surface area (Å²) < 4.78 is 35.1. The van der Waals surface area contributed by atoms with Crippen LogP contribution in [0.3, 0.4) is 0 Å². The van der Waals surface area contributed by atoms with Gasteiger partial charge in [0, 0.05) is 7.05 Å². The van der Waals surface area contributed by atoms with E-state index >= 15 is 0 Å². The fourth-order valence-corrected chi connectivity index (χ4v) is 3.00. The first-order valence-corrected chi connectivity index (χ1v) is 9.34. The van der Waals surface area contributed by atoms with Crippen molar-refractivity contribution in [2.24, 2.45) is 0 Å². The molecule has 9 nitrogen and oxygen atoms in total. The molecule has 146 valence electrons. The maximum absolute atomic E-state index is 12.1. The molecule has 0 aliphatic rings. The molecule has 2 aromatic rings. The highest BCUT2D eigenvalue weighted by molar-refractivity contribution is 7.89. The minimum atomic E-state index is -3.81. The molecule has 0 aliphatic heterocycles. The van der Waals surface area contributed by atoms with E-state index in [9.17, 15) is 18.0 Å². The molecular weight excluding hydrogens is 376 g/mol. The molecule has 0 bridgehead atoms. The normalized spacial score (nSPS) is 12.6. The van der Waals surface area contributed by atoms with Crippen molar-refractivity contribution in [3.05, 3.63) is 54.0 Å². The Kier molecular flexibility index (Phi) is 6.72. The molecule has 0 fully saturated rings. The van der Waals surface area contributed by atoms with E-state index < -0.39 is 28.0 Å². The van der Waals surface area contributed by atoms with Crippen LogP contribution in [0.2, 0.25) is 0 Å². The highest BCUT2D eigenvalue weighted by Crippen LogP contribution is 2.16. The molecule has 1 N–H and O–H groups in total. The van der Waals surface area contributed by atoms with E-state index in [4.69, 9.17) is 9.15 Å². The van der Waals surface area contributed by atoms with Gasteiger partial charge in [-0.2, -0.15) is 0 Å². The number of sulfonamides is 1. The molecule has 1 heterocycles. The average Bonchev–Trinajstić information content (AvgIpc) is 3.18. The van der Waals surface area contributed by atoms with E-state index in [1.165, 1.54) is 51.6 Å². The lowest BCUT2D eigenvalue weighted by atomic mass is 10.2. The number of hydrogen-bond acceptors (Lipinski definition) is 7. The van der Waals surface area contributed by atoms with Crippen LogP contribution in [-0.2, 0) is 30.9 Å². The molecule has 0 radical (unpaired) electrons. The van der Waals surface area contributed by atoms with Gasteiger partial charge in [-0.25, -0.2) is 13.2 Å². The lowest BCUT2D eigenvalue weighted by Gasteiger charge is -2.15. The first-order chi connectivity index (χ1) is 12.8. The van der Waals surface area contributed by atoms with Crippen LogP contribution in [0.5, 0.6) is 0 Å². The monoisotopic (exact) mass is 396 g/mol. The van der Waals surface area contributed by atoms with Gasteiger partial charge in [0.2, 0.25) is 0 Å². The number of rotatable bonds is 8. The molecule has 27 heavy (non-hydrogen) atoms. The summed E-state index contributed by atoms with van der Waals surface area (Å²) >= 11 is 0. The number of ether oxygens (including phenoxy) is 1. The van der Waals surface area contributed by atoms with Gasteiger partial charge in [-0.1, -0.05) is 4.47 Å². The van der Waals surface area contributed by atoms with E-state index in [-0.39, 0.29) is 17.0 Å². The Balaban J connectivity index is 1.96. The number of esters is 1. The van der Waals surface area contributed by atoms with Crippen molar-refractivity contribution in [3.8, 4) is 0 Å². The summed E-state index contributed by atoms with van der Waals surface area (Å²) in [6.07, 6.45) is 0.453. The van der Waals surface area contributed by atoms with Gasteiger partial charge >= 0.3 is 5.97 Å². The average molecular weight is 396 g/mol. The zero-order chi connectivity index (χ0) is 20.0. The van der Waals surface area contributed by atoms with Crippen molar-refractivity contribution >= 4 is 21.9 Å². The molecule has 1 amide bonds. The molecular formula is C17H20N2O7S. The van der Waals surface area contributed by atoms with E-state index in [0.29, 0.717) is 10.2 Å². The molecule has 0 saturated carbocycles. The van der Waals surface area contributed by atoms with E-state index in [1.54, 1.807) is 12.1 Å². The molecule has 1 aromatic carbocycles. The van der Waals surface area contributed by atoms with Gasteiger partial charge in [-0.15, -0.1) is 0 Å². The SMILES string of the molecule is CON(C)S(=O)(=O)c1ccc(C(=O)O[C@H](C)C(=O)NCc2ccco2)cc1. The van der Waals surface area contributed by atoms with Gasteiger partial charge in [-0.05, 0) is 43.3 Å². The number of hydroxylamine groups is 1. The molecule has 2 rings (SSSR count). The van der Waals surface area contributed by atoms with Gasteiger partial charge in [0.25, 0.3) is 15.9 Å². The summed E-state index contributed by atoms with van der Waals surface area (Å²) in [6, 6.07) is 8.50. The highest BCUT2D eigenvalue weighted by Gasteiger charge is 2.22. The number of carbonyl (C=O) groups is 2. The largest absolute Gasteiger partial charge is 0.467 e. The van der Waals surface area contributed by atoms with Crippen molar-refractivity contribution in [3.63, 3.8) is 0 Å². The fourth-order valence-electron chi connectivity index (χ4n) is 2.02. The van der Waals surface area contributed by atoms with E-state index in [2.05, 4.69) is 10.2 Å². The third-order valence-corrected chi connectivity index (χ3v) is 5.35. The summed E-state index contributed by atoms with van der Waals surface area (Å²) in [6.45, 7) is 1.61. The standard InChI is InChI=1S/C17H20N2O7S/c1-12(16(20)18-11-14-5-4-10-25-14)26-17(21)13-6-8-15(9-7-13)27(22,23)19(2)24-3/h4-10,12H,11H2,1-3H3,(H,18,20)/t12-/m1/s1. The molecule has 1 atom stereocenters. The summed E-state index contributed by atoms with van der Waals surface area (Å²) in [4.78, 5) is 28.7. The maximum Gasteiger partial charge on any atom is 0.338 e. The lowest BCUT2D eigenvalue weighted by molar-refractivity contribution is -0.129. The van der Waals surface area contributed by atoms with Crippen LogP contribution in [0.15, 0.2) is 52.0 Å². The Morgan fingerprint density at radius 2 is 1.89 bits per heavy atom. The van der Waals surface area contributed by atoms with Gasteiger partial charge in [0.05, 0.1) is 30.4 Å². The minimum Gasteiger partial charge on any atom is -0.467 e. The topological polar surface area (TPSA) is 115 Å². The van der Waals surface area contributed by atoms with Crippen LogP contribution < -0.4 is 5.32 Å². The number of nitrogens with one attached hydrogen (secondary N) is 1. The number of furan rings is 1. The first kappa shape index (κ1) is 20.6. The summed E-state index contributed by atoms with van der Waals surface area (Å²) in [7, 11) is -1.34. The summed E-state index contributed by atoms with van der Waals surface area (Å²) in [5, 5.41) is 2.58. The third-order valence-electron chi connectivity index (χ3n) is 3.65. The van der Waals surface area contributed by atoms with Crippen LogP contribution in [0.25, 0.3) is 0 Å². The Labute approximate surface area is 156 Å². The van der Waals surface area contributed by atoms with Crippen LogP contribution >= 0.6 is 0 Å². The number of carbonyl (C=O) groups excluding carboxylic acids is 2. The van der Waals surface area contributed by atoms with Gasteiger partial charge in [-0.3, -0.25) is 9.63 Å². The van der Waals surface area contributed by atoms with Gasteiger partial charge in [0.1, 0.15) is 5.76 Å². The van der Waals surface area contributed by atoms with Crippen LogP contribution in [0, 0.1) is 0 Å². The second kappa shape index (κ2) is 8.80. The fraction of sp³-hybridized carbons (Fsp3) is 0.294. The molecule has 0 saturated heterocycles. The number of benzene rings is 1. The Morgan fingerprint density at radius 1 is 1.22 bits per heavy atom. The smallest absolute Gasteiger partial charge is 0.338 e. The van der Waals surface area contributed by atoms with Gasteiger partial charge in [0.15, 0.2) is 6.10 Å². The Hall–Kier alpha value is -2.69. The van der Waals surface area contributed by atoms with Gasteiger partial charge < -0.3 is 14.5 Å². The molecule has 1 aromatic heterocycles. The third kappa shape index (κ3) is 5.16. The maximum atomic E-state index is 12.1. The minimum absolute atomic E-state index is 0.0485. The van der Waals surface area contributed by atoms with Crippen molar-refractivity contribution in [1.29, 1.82) is 0 Å². The molecule has 0 aliphatic carbocycles. The van der Waals surface area contributed by atoms with Crippen molar-refractivity contribution < 1.29 is 32.0 Å². The highest BCUT2D eigenvalue weighted by atomic mass is 32.2. The number of nitrogens with zero attached hydrogens (tertiary/aromatic N) is 1. The number of hydrogen-bond donors (Lipinski definition) is 1.